The van der Waals surface area contributed by atoms with Crippen LogP contribution in [0.1, 0.15) is 37.9 Å². The number of hydrogen-bond acceptors (Lipinski definition) is 2. The molecule has 0 aliphatic rings. The molecule has 0 amide bonds. The highest BCUT2D eigenvalue weighted by Crippen LogP contribution is 2.21. The van der Waals surface area contributed by atoms with E-state index in [1.807, 2.05) is 26.0 Å². The van der Waals surface area contributed by atoms with E-state index < -0.39 is 0 Å². The first-order valence-electron chi connectivity index (χ1n) is 5.74. The summed E-state index contributed by atoms with van der Waals surface area (Å²) in [5.74, 6) is 0. The molecule has 1 aromatic carbocycles. The Morgan fingerprint density at radius 1 is 1.29 bits per heavy atom. The number of nitrogens with two attached hydrogens (primary N) is 1. The normalized spacial score (nSPS) is 14.6. The van der Waals surface area contributed by atoms with Gasteiger partial charge in [0.25, 0.3) is 0 Å². The van der Waals surface area contributed by atoms with Crippen molar-refractivity contribution in [3.05, 3.63) is 53.7 Å². The van der Waals surface area contributed by atoms with Crippen molar-refractivity contribution in [2.24, 2.45) is 10.7 Å². The minimum atomic E-state index is -0.0944. The molecule has 0 saturated carbocycles. The molecule has 0 aliphatic carbocycles. The SMILES string of the molecule is C=CC(N)c1ccc(/C(C)=C(C)/N=C\C)cc1. The van der Waals surface area contributed by atoms with E-state index in [0.29, 0.717) is 0 Å². The second-order valence-corrected chi connectivity index (χ2v) is 3.98. The van der Waals surface area contributed by atoms with Crippen LogP contribution in [0.3, 0.4) is 0 Å². The van der Waals surface area contributed by atoms with E-state index in [-0.39, 0.29) is 6.04 Å². The Hall–Kier alpha value is -1.67. The Morgan fingerprint density at radius 2 is 1.88 bits per heavy atom. The van der Waals surface area contributed by atoms with Crippen molar-refractivity contribution in [1.82, 2.24) is 0 Å². The van der Waals surface area contributed by atoms with Gasteiger partial charge < -0.3 is 5.73 Å². The zero-order valence-corrected chi connectivity index (χ0v) is 10.8. The molecule has 1 rings (SSSR count). The molecule has 0 heterocycles. The summed E-state index contributed by atoms with van der Waals surface area (Å²) in [6.07, 6.45) is 3.55. The van der Waals surface area contributed by atoms with Crippen molar-refractivity contribution in [2.45, 2.75) is 26.8 Å². The van der Waals surface area contributed by atoms with E-state index in [1.54, 1.807) is 12.3 Å². The molecule has 2 nitrogen and oxygen atoms in total. The smallest absolute Gasteiger partial charge is 0.0478 e. The molecule has 0 spiro atoms. The lowest BCUT2D eigenvalue weighted by atomic mass is 10.0. The highest BCUT2D eigenvalue weighted by atomic mass is 14.7. The van der Waals surface area contributed by atoms with Crippen LogP contribution in [0, 0.1) is 0 Å². The summed E-state index contributed by atoms with van der Waals surface area (Å²) in [5, 5.41) is 0. The molecule has 17 heavy (non-hydrogen) atoms. The fraction of sp³-hybridized carbons (Fsp3) is 0.267. The van der Waals surface area contributed by atoms with Gasteiger partial charge in [-0.1, -0.05) is 30.3 Å². The van der Waals surface area contributed by atoms with Gasteiger partial charge in [0.15, 0.2) is 0 Å². The van der Waals surface area contributed by atoms with Crippen LogP contribution in [0.15, 0.2) is 47.6 Å². The van der Waals surface area contributed by atoms with E-state index in [1.165, 1.54) is 11.1 Å². The standard InChI is InChI=1S/C15H20N2/c1-5-15(16)14-9-7-13(8-10-14)11(3)12(4)17-6-2/h5-10,15H,1,16H2,2-4H3/b12-11+,17-6-. The number of aliphatic imine (C=N–C) groups is 1. The van der Waals surface area contributed by atoms with Crippen LogP contribution < -0.4 is 5.73 Å². The van der Waals surface area contributed by atoms with Crippen molar-refractivity contribution >= 4 is 11.8 Å². The number of allylic oxidation sites excluding steroid dienone is 2. The van der Waals surface area contributed by atoms with Gasteiger partial charge in [-0.3, -0.25) is 4.99 Å². The maximum absolute atomic E-state index is 5.87. The predicted molar refractivity (Wildman–Crippen MR) is 76.0 cm³/mol. The molecule has 1 aromatic rings. The zero-order chi connectivity index (χ0) is 12.8. The van der Waals surface area contributed by atoms with Crippen LogP contribution in [0.2, 0.25) is 0 Å². The van der Waals surface area contributed by atoms with Crippen molar-refractivity contribution in [2.75, 3.05) is 0 Å². The largest absolute Gasteiger partial charge is 0.321 e. The van der Waals surface area contributed by atoms with Gasteiger partial charge >= 0.3 is 0 Å². The predicted octanol–water partition coefficient (Wildman–Crippen LogP) is 3.71. The number of benzene rings is 1. The van der Waals surface area contributed by atoms with Crippen LogP contribution >= 0.6 is 0 Å². The maximum Gasteiger partial charge on any atom is 0.0478 e. The van der Waals surface area contributed by atoms with Gasteiger partial charge in [0.1, 0.15) is 0 Å². The average Bonchev–Trinajstić information content (AvgIpc) is 2.37. The summed E-state index contributed by atoms with van der Waals surface area (Å²) < 4.78 is 0. The summed E-state index contributed by atoms with van der Waals surface area (Å²) >= 11 is 0. The van der Waals surface area contributed by atoms with E-state index in [2.05, 4.69) is 30.6 Å². The van der Waals surface area contributed by atoms with Gasteiger partial charge in [-0.05, 0) is 37.5 Å². The lowest BCUT2D eigenvalue weighted by molar-refractivity contribution is 0.914. The second kappa shape index (κ2) is 6.16. The third-order valence-electron chi connectivity index (χ3n) is 2.85. The first-order chi connectivity index (χ1) is 8.10. The Kier molecular flexibility index (Phi) is 4.85. The molecular weight excluding hydrogens is 208 g/mol. The summed E-state index contributed by atoms with van der Waals surface area (Å²) in [7, 11) is 0. The van der Waals surface area contributed by atoms with Gasteiger partial charge in [-0.2, -0.15) is 0 Å². The third-order valence-corrected chi connectivity index (χ3v) is 2.85. The van der Waals surface area contributed by atoms with Crippen LogP contribution in [0.25, 0.3) is 5.57 Å². The molecule has 1 unspecified atom stereocenters. The molecule has 0 bridgehead atoms. The van der Waals surface area contributed by atoms with Crippen molar-refractivity contribution < 1.29 is 0 Å². The number of rotatable bonds is 4. The Bertz CT molecular complexity index is 438. The Balaban J connectivity index is 3.03. The van der Waals surface area contributed by atoms with E-state index >= 15 is 0 Å². The molecule has 0 aromatic heterocycles. The minimum Gasteiger partial charge on any atom is -0.321 e. The first-order valence-corrected chi connectivity index (χ1v) is 5.74. The topological polar surface area (TPSA) is 38.4 Å². The zero-order valence-electron chi connectivity index (χ0n) is 10.8. The van der Waals surface area contributed by atoms with E-state index in [4.69, 9.17) is 5.73 Å². The maximum atomic E-state index is 5.87. The van der Waals surface area contributed by atoms with E-state index in [9.17, 15) is 0 Å². The van der Waals surface area contributed by atoms with Crippen LogP contribution in [0.5, 0.6) is 0 Å². The van der Waals surface area contributed by atoms with Gasteiger partial charge in [0, 0.05) is 18.0 Å². The van der Waals surface area contributed by atoms with Gasteiger partial charge in [-0.25, -0.2) is 0 Å². The highest BCUT2D eigenvalue weighted by Gasteiger charge is 2.03. The van der Waals surface area contributed by atoms with Crippen molar-refractivity contribution in [3.63, 3.8) is 0 Å². The van der Waals surface area contributed by atoms with Gasteiger partial charge in [0.2, 0.25) is 0 Å². The summed E-state index contributed by atoms with van der Waals surface area (Å²) in [6.45, 7) is 9.70. The first kappa shape index (κ1) is 13.4. The van der Waals surface area contributed by atoms with E-state index in [0.717, 1.165) is 11.3 Å². The quantitative estimate of drug-likeness (QED) is 0.619. The molecule has 0 radical (unpaired) electrons. The third kappa shape index (κ3) is 3.40. The van der Waals surface area contributed by atoms with Crippen LogP contribution in [-0.4, -0.2) is 6.21 Å². The van der Waals surface area contributed by atoms with Gasteiger partial charge in [0.05, 0.1) is 0 Å². The van der Waals surface area contributed by atoms with Crippen molar-refractivity contribution in [1.29, 1.82) is 0 Å². The summed E-state index contributed by atoms with van der Waals surface area (Å²) in [4.78, 5) is 4.29. The summed E-state index contributed by atoms with van der Waals surface area (Å²) in [6, 6.07) is 8.12. The Labute approximate surface area is 104 Å². The monoisotopic (exact) mass is 228 g/mol. The molecule has 0 saturated heterocycles. The molecule has 0 aliphatic heterocycles. The summed E-state index contributed by atoms with van der Waals surface area (Å²) in [5.41, 5.74) is 10.3. The average molecular weight is 228 g/mol. The van der Waals surface area contributed by atoms with Gasteiger partial charge in [-0.15, -0.1) is 6.58 Å². The number of hydrogen-bond donors (Lipinski definition) is 1. The molecule has 2 N–H and O–H groups in total. The highest BCUT2D eigenvalue weighted by molar-refractivity contribution is 5.69. The Morgan fingerprint density at radius 3 is 2.35 bits per heavy atom. The molecular formula is C15H20N2. The lowest BCUT2D eigenvalue weighted by Crippen LogP contribution is -2.06. The minimum absolute atomic E-state index is 0.0944. The molecule has 2 heteroatoms. The lowest BCUT2D eigenvalue weighted by Gasteiger charge is -2.09. The molecule has 0 fully saturated rings. The second-order valence-electron chi connectivity index (χ2n) is 3.98. The van der Waals surface area contributed by atoms with Crippen molar-refractivity contribution in [3.8, 4) is 0 Å². The fourth-order valence-corrected chi connectivity index (χ4v) is 1.59. The van der Waals surface area contributed by atoms with Crippen LogP contribution in [0.4, 0.5) is 0 Å². The van der Waals surface area contributed by atoms with Crippen LogP contribution in [-0.2, 0) is 0 Å². The molecule has 1 atom stereocenters. The number of nitrogens with zero attached hydrogens (tertiary/aromatic N) is 1. The molecule has 90 valence electrons. The fourth-order valence-electron chi connectivity index (χ4n) is 1.59.